The van der Waals surface area contributed by atoms with Crippen molar-refractivity contribution in [2.45, 2.75) is 26.3 Å². The maximum absolute atomic E-state index is 11.9. The van der Waals surface area contributed by atoms with Crippen LogP contribution in [0.15, 0.2) is 29.6 Å². The number of nitrogen functional groups attached to an aromatic ring is 1. The summed E-state index contributed by atoms with van der Waals surface area (Å²) < 4.78 is 0. The number of carbonyl (C=O) groups excluding carboxylic acids is 1. The molecule has 1 heterocycles. The maximum atomic E-state index is 11.9. The van der Waals surface area contributed by atoms with Gasteiger partial charge in [-0.2, -0.15) is 0 Å². The van der Waals surface area contributed by atoms with Gasteiger partial charge in [0, 0.05) is 16.8 Å². The molecule has 0 aliphatic heterocycles. The van der Waals surface area contributed by atoms with Crippen LogP contribution < -0.4 is 11.1 Å². The van der Waals surface area contributed by atoms with Gasteiger partial charge in [0.05, 0.1) is 12.5 Å². The van der Waals surface area contributed by atoms with Crippen LogP contribution in [0.2, 0.25) is 0 Å². The summed E-state index contributed by atoms with van der Waals surface area (Å²) in [4.78, 5) is 16.3. The average Bonchev–Trinajstić information content (AvgIpc) is 2.75. The number of benzene rings is 1. The molecule has 0 fully saturated rings. The number of amides is 1. The summed E-state index contributed by atoms with van der Waals surface area (Å²) in [5.41, 5.74) is 8.26. The van der Waals surface area contributed by atoms with Crippen molar-refractivity contribution in [2.24, 2.45) is 0 Å². The molecular weight excluding hydrogens is 258 g/mol. The van der Waals surface area contributed by atoms with E-state index in [9.17, 15) is 4.79 Å². The number of anilines is 1. The fraction of sp³-hybridized carbons (Fsp3) is 0.286. The number of aryl methyl sites for hydroxylation is 1. The highest BCUT2D eigenvalue weighted by atomic mass is 32.1. The van der Waals surface area contributed by atoms with Crippen LogP contribution in [0.3, 0.4) is 0 Å². The zero-order valence-corrected chi connectivity index (χ0v) is 11.8. The van der Waals surface area contributed by atoms with E-state index < -0.39 is 0 Å². The van der Waals surface area contributed by atoms with E-state index in [0.717, 1.165) is 16.3 Å². The van der Waals surface area contributed by atoms with Crippen LogP contribution in [0.4, 0.5) is 5.69 Å². The van der Waals surface area contributed by atoms with Crippen LogP contribution in [0.25, 0.3) is 0 Å². The van der Waals surface area contributed by atoms with E-state index in [0.29, 0.717) is 12.1 Å². The van der Waals surface area contributed by atoms with Crippen molar-refractivity contribution in [3.63, 3.8) is 0 Å². The first-order chi connectivity index (χ1) is 9.04. The summed E-state index contributed by atoms with van der Waals surface area (Å²) >= 11 is 1.56. The molecule has 3 N–H and O–H groups in total. The van der Waals surface area contributed by atoms with Crippen molar-refractivity contribution in [3.8, 4) is 0 Å². The highest BCUT2D eigenvalue weighted by molar-refractivity contribution is 7.09. The fourth-order valence-electron chi connectivity index (χ4n) is 1.81. The normalized spacial score (nSPS) is 12.1. The van der Waals surface area contributed by atoms with Gasteiger partial charge in [0.1, 0.15) is 5.01 Å². The summed E-state index contributed by atoms with van der Waals surface area (Å²) in [7, 11) is 0. The van der Waals surface area contributed by atoms with E-state index in [1.54, 1.807) is 11.3 Å². The summed E-state index contributed by atoms with van der Waals surface area (Å²) in [5.74, 6) is -0.0223. The molecule has 0 saturated heterocycles. The van der Waals surface area contributed by atoms with E-state index in [1.165, 1.54) is 0 Å². The van der Waals surface area contributed by atoms with Gasteiger partial charge in [-0.05, 0) is 31.5 Å². The molecule has 0 bridgehead atoms. The van der Waals surface area contributed by atoms with Crippen LogP contribution in [0, 0.1) is 6.92 Å². The molecule has 1 atom stereocenters. The Labute approximate surface area is 116 Å². The molecule has 1 aromatic heterocycles. The molecule has 19 heavy (non-hydrogen) atoms. The maximum Gasteiger partial charge on any atom is 0.224 e. The van der Waals surface area contributed by atoms with Crippen LogP contribution in [-0.2, 0) is 11.2 Å². The Balaban J connectivity index is 1.94. The van der Waals surface area contributed by atoms with E-state index in [4.69, 9.17) is 5.73 Å². The zero-order valence-electron chi connectivity index (χ0n) is 11.0. The molecule has 0 aliphatic rings. The van der Waals surface area contributed by atoms with Crippen molar-refractivity contribution in [1.82, 2.24) is 10.3 Å². The van der Waals surface area contributed by atoms with Gasteiger partial charge in [0.2, 0.25) is 5.91 Å². The molecule has 2 rings (SSSR count). The largest absolute Gasteiger partial charge is 0.399 e. The quantitative estimate of drug-likeness (QED) is 0.842. The Bertz CT molecular complexity index is 580. The first-order valence-electron chi connectivity index (χ1n) is 6.10. The highest BCUT2D eigenvalue weighted by Gasteiger charge is 2.12. The number of rotatable bonds is 4. The minimum absolute atomic E-state index is 0.0223. The Morgan fingerprint density at radius 1 is 1.53 bits per heavy atom. The first kappa shape index (κ1) is 13.5. The topological polar surface area (TPSA) is 68.0 Å². The van der Waals surface area contributed by atoms with Gasteiger partial charge in [-0.15, -0.1) is 11.3 Å². The highest BCUT2D eigenvalue weighted by Crippen LogP contribution is 2.17. The molecular formula is C14H17N3OS. The second-order valence-electron chi connectivity index (χ2n) is 4.54. The number of nitrogens with one attached hydrogen (secondary N) is 1. The Morgan fingerprint density at radius 2 is 2.32 bits per heavy atom. The smallest absolute Gasteiger partial charge is 0.224 e. The van der Waals surface area contributed by atoms with Crippen molar-refractivity contribution in [3.05, 3.63) is 45.9 Å². The van der Waals surface area contributed by atoms with Crippen LogP contribution in [0.1, 0.15) is 29.2 Å². The lowest BCUT2D eigenvalue weighted by Gasteiger charge is -2.11. The predicted molar refractivity (Wildman–Crippen MR) is 78.0 cm³/mol. The monoisotopic (exact) mass is 275 g/mol. The van der Waals surface area contributed by atoms with E-state index in [-0.39, 0.29) is 11.9 Å². The SMILES string of the molecule is Cc1csc(C(C)NC(=O)Cc2cccc(N)c2)n1. The van der Waals surface area contributed by atoms with E-state index in [1.807, 2.05) is 43.5 Å². The second-order valence-corrected chi connectivity index (χ2v) is 5.43. The van der Waals surface area contributed by atoms with Gasteiger partial charge in [-0.25, -0.2) is 4.98 Å². The van der Waals surface area contributed by atoms with Crippen LogP contribution in [-0.4, -0.2) is 10.9 Å². The minimum atomic E-state index is -0.0627. The van der Waals surface area contributed by atoms with Gasteiger partial charge < -0.3 is 11.1 Å². The lowest BCUT2D eigenvalue weighted by molar-refractivity contribution is -0.121. The molecule has 1 unspecified atom stereocenters. The number of aromatic nitrogens is 1. The Hall–Kier alpha value is -1.88. The summed E-state index contributed by atoms with van der Waals surface area (Å²) in [5, 5.41) is 5.86. The van der Waals surface area contributed by atoms with Crippen molar-refractivity contribution < 1.29 is 4.79 Å². The number of hydrogen-bond donors (Lipinski definition) is 2. The number of nitrogens with zero attached hydrogens (tertiary/aromatic N) is 1. The second kappa shape index (κ2) is 5.84. The van der Waals surface area contributed by atoms with Crippen molar-refractivity contribution >= 4 is 22.9 Å². The van der Waals surface area contributed by atoms with Gasteiger partial charge >= 0.3 is 0 Å². The molecule has 0 spiro atoms. The van der Waals surface area contributed by atoms with Gasteiger partial charge in [0.25, 0.3) is 0 Å². The number of nitrogens with two attached hydrogens (primary N) is 1. The van der Waals surface area contributed by atoms with Gasteiger partial charge in [-0.3, -0.25) is 4.79 Å². The molecule has 5 heteroatoms. The van der Waals surface area contributed by atoms with Crippen LogP contribution >= 0.6 is 11.3 Å². The predicted octanol–water partition coefficient (Wildman–Crippen LogP) is 2.45. The minimum Gasteiger partial charge on any atom is -0.399 e. The summed E-state index contributed by atoms with van der Waals surface area (Å²) in [6, 6.07) is 7.31. The van der Waals surface area contributed by atoms with Crippen LogP contribution in [0.5, 0.6) is 0 Å². The number of carbonyl (C=O) groups is 1. The zero-order chi connectivity index (χ0) is 13.8. The third-order valence-corrected chi connectivity index (χ3v) is 3.85. The van der Waals surface area contributed by atoms with Crippen molar-refractivity contribution in [2.75, 3.05) is 5.73 Å². The molecule has 2 aromatic rings. The molecule has 100 valence electrons. The Morgan fingerprint density at radius 3 is 2.95 bits per heavy atom. The average molecular weight is 275 g/mol. The first-order valence-corrected chi connectivity index (χ1v) is 6.98. The summed E-state index contributed by atoms with van der Waals surface area (Å²) in [6.07, 6.45) is 0.333. The van der Waals surface area contributed by atoms with Gasteiger partial charge in [-0.1, -0.05) is 12.1 Å². The standard InChI is InChI=1S/C14H17N3OS/c1-9-8-19-14(16-9)10(2)17-13(18)7-11-4-3-5-12(15)6-11/h3-6,8,10H,7,15H2,1-2H3,(H,17,18). The van der Waals surface area contributed by atoms with E-state index in [2.05, 4.69) is 10.3 Å². The molecule has 0 aliphatic carbocycles. The summed E-state index contributed by atoms with van der Waals surface area (Å²) in [6.45, 7) is 3.89. The molecule has 1 amide bonds. The third-order valence-electron chi connectivity index (χ3n) is 2.70. The lowest BCUT2D eigenvalue weighted by atomic mass is 10.1. The number of hydrogen-bond acceptors (Lipinski definition) is 4. The van der Waals surface area contributed by atoms with E-state index >= 15 is 0 Å². The molecule has 0 saturated carbocycles. The molecule has 0 radical (unpaired) electrons. The van der Waals surface area contributed by atoms with Crippen molar-refractivity contribution in [1.29, 1.82) is 0 Å². The Kier molecular flexibility index (Phi) is 4.16. The number of thiazole rings is 1. The third kappa shape index (κ3) is 3.79. The molecule has 1 aromatic carbocycles. The van der Waals surface area contributed by atoms with Gasteiger partial charge in [0.15, 0.2) is 0 Å². The lowest BCUT2D eigenvalue weighted by Crippen LogP contribution is -2.28. The fourth-order valence-corrected chi connectivity index (χ4v) is 2.62. The molecule has 4 nitrogen and oxygen atoms in total.